The van der Waals surface area contributed by atoms with E-state index in [1.54, 1.807) is 4.31 Å². The average molecular weight is 304 g/mol. The third kappa shape index (κ3) is 4.05. The van der Waals surface area contributed by atoms with Crippen molar-refractivity contribution >= 4 is 16.0 Å². The second-order valence-corrected chi connectivity index (χ2v) is 6.39. The number of carboxylic acid groups (broad SMARTS) is 1. The van der Waals surface area contributed by atoms with E-state index in [0.717, 1.165) is 19.5 Å². The smallest absolute Gasteiger partial charge is 0.475 e. The molecular weight excluding hydrogens is 289 g/mol. The molecule has 0 amide bonds. The lowest BCUT2D eigenvalue weighted by Crippen LogP contribution is -2.63. The molecule has 0 spiro atoms. The molecule has 6 nitrogen and oxygen atoms in total. The Balaban J connectivity index is 0.000000224. The van der Waals surface area contributed by atoms with Crippen LogP contribution >= 0.6 is 0 Å². The molecule has 0 aromatic heterocycles. The maximum atomic E-state index is 11.4. The molecule has 0 aromatic carbocycles. The molecule has 0 radical (unpaired) electrons. The molecule has 2 rings (SSSR count). The van der Waals surface area contributed by atoms with Gasteiger partial charge in [-0.3, -0.25) is 0 Å². The van der Waals surface area contributed by atoms with Gasteiger partial charge in [0.1, 0.15) is 0 Å². The third-order valence-corrected chi connectivity index (χ3v) is 4.95. The number of alkyl halides is 3. The quantitative estimate of drug-likeness (QED) is 0.713. The van der Waals surface area contributed by atoms with Crippen LogP contribution in [0, 0.1) is 0 Å². The van der Waals surface area contributed by atoms with Gasteiger partial charge in [-0.2, -0.15) is 17.5 Å². The van der Waals surface area contributed by atoms with E-state index in [1.807, 2.05) is 6.92 Å². The lowest BCUT2D eigenvalue weighted by Gasteiger charge is -2.40. The summed E-state index contributed by atoms with van der Waals surface area (Å²) in [6.45, 7) is 3.57. The minimum absolute atomic E-state index is 0.220. The average Bonchev–Trinajstić information content (AvgIpc) is 2.56. The molecule has 19 heavy (non-hydrogen) atoms. The van der Waals surface area contributed by atoms with Gasteiger partial charge in [0.15, 0.2) is 0 Å². The van der Waals surface area contributed by atoms with Gasteiger partial charge in [0.2, 0.25) is 10.0 Å². The zero-order valence-corrected chi connectivity index (χ0v) is 11.0. The predicted molar refractivity (Wildman–Crippen MR) is 60.1 cm³/mol. The van der Waals surface area contributed by atoms with Crippen LogP contribution in [0.1, 0.15) is 13.3 Å². The molecule has 2 heterocycles. The Labute approximate surface area is 108 Å². The van der Waals surface area contributed by atoms with Gasteiger partial charge in [-0.15, -0.1) is 0 Å². The molecule has 2 saturated heterocycles. The lowest BCUT2D eigenvalue weighted by atomic mass is 10.0. The number of rotatable bonds is 1. The molecule has 112 valence electrons. The van der Waals surface area contributed by atoms with Crippen molar-refractivity contribution in [1.82, 2.24) is 9.62 Å². The summed E-state index contributed by atoms with van der Waals surface area (Å²) in [6.07, 6.45) is -4.29. The third-order valence-electron chi connectivity index (χ3n) is 2.98. The van der Waals surface area contributed by atoms with E-state index in [1.165, 1.54) is 0 Å². The number of nitrogens with zero attached hydrogens (tertiary/aromatic N) is 1. The van der Waals surface area contributed by atoms with E-state index in [2.05, 4.69) is 5.32 Å². The molecule has 0 bridgehead atoms. The van der Waals surface area contributed by atoms with Gasteiger partial charge in [0, 0.05) is 19.1 Å². The zero-order valence-electron chi connectivity index (χ0n) is 10.1. The normalized spacial score (nSPS) is 30.1. The summed E-state index contributed by atoms with van der Waals surface area (Å²) in [5.74, 6) is -2.41. The summed E-state index contributed by atoms with van der Waals surface area (Å²) in [4.78, 5) is 8.90. The molecule has 2 N–H and O–H groups in total. The van der Waals surface area contributed by atoms with Crippen molar-refractivity contribution in [3.8, 4) is 0 Å². The van der Waals surface area contributed by atoms with Crippen LogP contribution in [-0.4, -0.2) is 60.9 Å². The SMILES string of the molecule is C[C@H]1NC[C@@H]1N1CCCS1(=O)=O.O=C(O)C(F)(F)F. The first-order chi connectivity index (χ1) is 8.55. The maximum Gasteiger partial charge on any atom is 0.490 e. The first-order valence-electron chi connectivity index (χ1n) is 5.58. The van der Waals surface area contributed by atoms with Crippen LogP contribution in [0.25, 0.3) is 0 Å². The minimum Gasteiger partial charge on any atom is -0.475 e. The maximum absolute atomic E-state index is 11.4. The van der Waals surface area contributed by atoms with Gasteiger partial charge in [0.05, 0.1) is 11.8 Å². The van der Waals surface area contributed by atoms with Gasteiger partial charge >= 0.3 is 12.1 Å². The largest absolute Gasteiger partial charge is 0.490 e. The number of hydrogen-bond acceptors (Lipinski definition) is 4. The van der Waals surface area contributed by atoms with Crippen LogP contribution in [-0.2, 0) is 14.8 Å². The van der Waals surface area contributed by atoms with Crippen molar-refractivity contribution in [2.45, 2.75) is 31.6 Å². The number of aliphatic carboxylic acids is 1. The van der Waals surface area contributed by atoms with Gasteiger partial charge < -0.3 is 10.4 Å². The zero-order chi connectivity index (χ0) is 14.8. The molecule has 10 heteroatoms. The lowest BCUT2D eigenvalue weighted by molar-refractivity contribution is -0.192. The summed E-state index contributed by atoms with van der Waals surface area (Å²) in [6, 6.07) is 0.551. The van der Waals surface area contributed by atoms with Crippen LogP contribution in [0.2, 0.25) is 0 Å². The standard InChI is InChI=1S/C7H14N2O2S.C2HF3O2/c1-6-7(5-8-6)9-3-2-4-12(9,10)11;3-2(4,5)1(6)7/h6-8H,2-5H2,1H3;(H,6,7)/t6-,7+;/m1./s1. The van der Waals surface area contributed by atoms with Gasteiger partial charge in [-0.1, -0.05) is 0 Å². The minimum atomic E-state index is -5.08. The molecule has 2 aliphatic rings. The summed E-state index contributed by atoms with van der Waals surface area (Å²) in [7, 11) is -2.89. The van der Waals surface area contributed by atoms with Crippen molar-refractivity contribution in [3.63, 3.8) is 0 Å². The fraction of sp³-hybridized carbons (Fsp3) is 0.889. The number of hydrogen-bond donors (Lipinski definition) is 2. The Morgan fingerprint density at radius 1 is 1.42 bits per heavy atom. The monoisotopic (exact) mass is 304 g/mol. The van der Waals surface area contributed by atoms with Crippen LogP contribution in [0.15, 0.2) is 0 Å². The molecule has 2 atom stereocenters. The topological polar surface area (TPSA) is 86.7 Å². The molecule has 2 fully saturated rings. The van der Waals surface area contributed by atoms with Crippen LogP contribution in [0.5, 0.6) is 0 Å². The Hall–Kier alpha value is -0.870. The van der Waals surface area contributed by atoms with E-state index in [0.29, 0.717) is 11.8 Å². The Kier molecular flexibility index (Phi) is 4.80. The second-order valence-electron chi connectivity index (χ2n) is 4.35. The van der Waals surface area contributed by atoms with Crippen molar-refractivity contribution in [1.29, 1.82) is 0 Å². The van der Waals surface area contributed by atoms with E-state index in [-0.39, 0.29) is 6.04 Å². The number of halogens is 3. The predicted octanol–water partition coefficient (Wildman–Crippen LogP) is 0.0155. The first kappa shape index (κ1) is 16.2. The fourth-order valence-electron chi connectivity index (χ4n) is 1.84. The number of carbonyl (C=O) groups is 1. The molecule has 2 aliphatic heterocycles. The summed E-state index contributed by atoms with van der Waals surface area (Å²) in [5, 5.41) is 10.3. The Morgan fingerprint density at radius 3 is 2.16 bits per heavy atom. The Morgan fingerprint density at radius 2 is 1.95 bits per heavy atom. The van der Waals surface area contributed by atoms with E-state index >= 15 is 0 Å². The van der Waals surface area contributed by atoms with Gasteiger partial charge in [0.25, 0.3) is 0 Å². The molecular formula is C9H15F3N2O4S. The van der Waals surface area contributed by atoms with Gasteiger partial charge in [-0.05, 0) is 13.3 Å². The highest BCUT2D eigenvalue weighted by Gasteiger charge is 2.41. The molecule has 0 unspecified atom stereocenters. The number of sulfonamides is 1. The van der Waals surface area contributed by atoms with E-state index < -0.39 is 22.2 Å². The van der Waals surface area contributed by atoms with Crippen LogP contribution in [0.3, 0.4) is 0 Å². The van der Waals surface area contributed by atoms with Crippen molar-refractivity contribution in [2.24, 2.45) is 0 Å². The summed E-state index contributed by atoms with van der Waals surface area (Å²) in [5.41, 5.74) is 0. The highest BCUT2D eigenvalue weighted by Crippen LogP contribution is 2.22. The molecule has 0 aromatic rings. The highest BCUT2D eigenvalue weighted by atomic mass is 32.2. The fourth-order valence-corrected chi connectivity index (χ4v) is 3.65. The summed E-state index contributed by atoms with van der Waals surface area (Å²) >= 11 is 0. The van der Waals surface area contributed by atoms with Crippen molar-refractivity contribution < 1.29 is 31.5 Å². The van der Waals surface area contributed by atoms with E-state index in [4.69, 9.17) is 9.90 Å². The van der Waals surface area contributed by atoms with Crippen molar-refractivity contribution in [3.05, 3.63) is 0 Å². The first-order valence-corrected chi connectivity index (χ1v) is 7.19. The van der Waals surface area contributed by atoms with Crippen molar-refractivity contribution in [2.75, 3.05) is 18.8 Å². The highest BCUT2D eigenvalue weighted by molar-refractivity contribution is 7.89. The van der Waals surface area contributed by atoms with Gasteiger partial charge in [-0.25, -0.2) is 13.2 Å². The number of nitrogens with one attached hydrogen (secondary N) is 1. The molecule has 0 aliphatic carbocycles. The number of carboxylic acids is 1. The van der Waals surface area contributed by atoms with E-state index in [9.17, 15) is 21.6 Å². The van der Waals surface area contributed by atoms with Crippen LogP contribution < -0.4 is 5.32 Å². The Bertz CT molecular complexity index is 437. The molecule has 0 saturated carbocycles. The second kappa shape index (κ2) is 5.63. The van der Waals surface area contributed by atoms with Crippen LogP contribution in [0.4, 0.5) is 13.2 Å². The summed E-state index contributed by atoms with van der Waals surface area (Å²) < 4.78 is 56.3.